The number of aromatic nitrogens is 3. The lowest BCUT2D eigenvalue weighted by atomic mass is 10.2. The van der Waals surface area contributed by atoms with Crippen LogP contribution in [0.5, 0.6) is 0 Å². The minimum absolute atomic E-state index is 0.402. The molecule has 5 nitrogen and oxygen atoms in total. The van der Waals surface area contributed by atoms with Crippen LogP contribution in [0.2, 0.25) is 0 Å². The molecule has 2 heterocycles. The van der Waals surface area contributed by atoms with Gasteiger partial charge in [-0.1, -0.05) is 12.8 Å². The Kier molecular flexibility index (Phi) is 3.38. The van der Waals surface area contributed by atoms with Crippen LogP contribution in [0.25, 0.3) is 0 Å². The van der Waals surface area contributed by atoms with E-state index < -0.39 is 0 Å². The van der Waals surface area contributed by atoms with Crippen molar-refractivity contribution in [2.24, 2.45) is 0 Å². The molecule has 5 heteroatoms. The maximum atomic E-state index is 5.64. The summed E-state index contributed by atoms with van der Waals surface area (Å²) in [5, 5.41) is 8.46. The lowest BCUT2D eigenvalue weighted by molar-refractivity contribution is -0.0259. The molecule has 0 bridgehead atoms. The van der Waals surface area contributed by atoms with Gasteiger partial charge in [-0.2, -0.15) is 5.48 Å². The molecule has 0 atom stereocenters. The molecule has 0 amide bonds. The van der Waals surface area contributed by atoms with Gasteiger partial charge in [0, 0.05) is 13.0 Å². The monoisotopic (exact) mass is 236 g/mol. The molecule has 3 rings (SSSR count). The highest BCUT2D eigenvalue weighted by atomic mass is 16.7. The molecule has 1 aliphatic carbocycles. The first-order valence-electron chi connectivity index (χ1n) is 6.73. The van der Waals surface area contributed by atoms with Gasteiger partial charge in [0.05, 0.1) is 12.6 Å². The van der Waals surface area contributed by atoms with E-state index in [1.807, 2.05) is 0 Å². The van der Waals surface area contributed by atoms with Gasteiger partial charge in [0.2, 0.25) is 0 Å². The summed E-state index contributed by atoms with van der Waals surface area (Å²) < 4.78 is 2.23. The van der Waals surface area contributed by atoms with Crippen molar-refractivity contribution in [3.05, 3.63) is 11.6 Å². The first-order chi connectivity index (χ1) is 8.43. The molecule has 0 radical (unpaired) electrons. The van der Waals surface area contributed by atoms with Crippen molar-refractivity contribution < 1.29 is 4.84 Å². The molecule has 1 saturated carbocycles. The summed E-state index contributed by atoms with van der Waals surface area (Å²) in [6, 6.07) is 0. The van der Waals surface area contributed by atoms with E-state index in [2.05, 4.69) is 20.2 Å². The maximum Gasteiger partial charge on any atom is 0.149 e. The first kappa shape index (κ1) is 11.2. The van der Waals surface area contributed by atoms with E-state index in [-0.39, 0.29) is 0 Å². The van der Waals surface area contributed by atoms with Crippen LogP contribution in [-0.4, -0.2) is 20.9 Å². The summed E-state index contributed by atoms with van der Waals surface area (Å²) in [6.07, 6.45) is 8.91. The number of hydrogen-bond acceptors (Lipinski definition) is 4. The van der Waals surface area contributed by atoms with Gasteiger partial charge in [-0.15, -0.1) is 10.2 Å². The van der Waals surface area contributed by atoms with E-state index in [1.54, 1.807) is 0 Å². The second-order valence-electron chi connectivity index (χ2n) is 4.99. The number of hydrogen-bond donors (Lipinski definition) is 1. The van der Waals surface area contributed by atoms with Gasteiger partial charge in [-0.05, 0) is 25.7 Å². The topological polar surface area (TPSA) is 52.0 Å². The van der Waals surface area contributed by atoms with E-state index >= 15 is 0 Å². The van der Waals surface area contributed by atoms with Crippen molar-refractivity contribution >= 4 is 0 Å². The average molecular weight is 236 g/mol. The second-order valence-corrected chi connectivity index (χ2v) is 4.99. The number of fused-ring (bicyclic) bond motifs is 1. The molecule has 1 N–H and O–H groups in total. The van der Waals surface area contributed by atoms with E-state index in [9.17, 15) is 0 Å². The molecular formula is C12H20N4O. The zero-order chi connectivity index (χ0) is 11.5. The standard InChI is InChI=1S/C12H20N4O/c1-2-6-10(5-1)17-13-9-12-15-14-11-7-3-4-8-16(11)12/h10,13H,1-9H2. The quantitative estimate of drug-likeness (QED) is 0.806. The Bertz CT molecular complexity index is 371. The largest absolute Gasteiger partial charge is 0.314 e. The molecule has 0 aromatic carbocycles. The Morgan fingerprint density at radius 1 is 1.18 bits per heavy atom. The minimum Gasteiger partial charge on any atom is -0.314 e. The summed E-state index contributed by atoms with van der Waals surface area (Å²) in [5.41, 5.74) is 3.06. The number of nitrogens with zero attached hydrogens (tertiary/aromatic N) is 3. The predicted molar refractivity (Wildman–Crippen MR) is 63.1 cm³/mol. The van der Waals surface area contributed by atoms with E-state index in [0.717, 1.165) is 24.6 Å². The van der Waals surface area contributed by atoms with Gasteiger partial charge in [0.1, 0.15) is 11.6 Å². The van der Waals surface area contributed by atoms with Crippen LogP contribution in [0, 0.1) is 0 Å². The molecule has 1 aromatic heterocycles. The highest BCUT2D eigenvalue weighted by molar-refractivity contribution is 4.98. The molecule has 1 aromatic rings. The van der Waals surface area contributed by atoms with Crippen molar-refractivity contribution in [3.63, 3.8) is 0 Å². The fourth-order valence-corrected chi connectivity index (χ4v) is 2.73. The highest BCUT2D eigenvalue weighted by Gasteiger charge is 2.17. The molecular weight excluding hydrogens is 216 g/mol. The van der Waals surface area contributed by atoms with E-state index in [4.69, 9.17) is 4.84 Å². The van der Waals surface area contributed by atoms with Crippen molar-refractivity contribution in [1.29, 1.82) is 0 Å². The lowest BCUT2D eigenvalue weighted by Crippen LogP contribution is -2.24. The SMILES string of the molecule is C1CCn2c(nnc2CNOC2CCCC2)C1. The number of rotatable bonds is 4. The van der Waals surface area contributed by atoms with Gasteiger partial charge in [-0.3, -0.25) is 4.84 Å². The summed E-state index contributed by atoms with van der Waals surface area (Å²) in [7, 11) is 0. The van der Waals surface area contributed by atoms with Crippen LogP contribution >= 0.6 is 0 Å². The molecule has 0 saturated heterocycles. The Morgan fingerprint density at radius 2 is 2.06 bits per heavy atom. The molecule has 1 aliphatic heterocycles. The van der Waals surface area contributed by atoms with Crippen molar-refractivity contribution in [3.8, 4) is 0 Å². The van der Waals surface area contributed by atoms with Gasteiger partial charge >= 0.3 is 0 Å². The maximum absolute atomic E-state index is 5.64. The molecule has 94 valence electrons. The lowest BCUT2D eigenvalue weighted by Gasteiger charge is -2.15. The van der Waals surface area contributed by atoms with Crippen LogP contribution in [0.4, 0.5) is 0 Å². The van der Waals surface area contributed by atoms with Crippen LogP contribution in [-0.2, 0) is 24.3 Å². The Balaban J connectivity index is 1.52. The zero-order valence-corrected chi connectivity index (χ0v) is 10.2. The number of hydroxylamine groups is 1. The first-order valence-corrected chi connectivity index (χ1v) is 6.73. The molecule has 0 spiro atoms. The number of nitrogens with one attached hydrogen (secondary N) is 1. The third-order valence-corrected chi connectivity index (χ3v) is 3.72. The van der Waals surface area contributed by atoms with E-state index in [1.165, 1.54) is 38.5 Å². The van der Waals surface area contributed by atoms with E-state index in [0.29, 0.717) is 12.6 Å². The second kappa shape index (κ2) is 5.14. The summed E-state index contributed by atoms with van der Waals surface area (Å²) >= 11 is 0. The van der Waals surface area contributed by atoms with Crippen molar-refractivity contribution in [1.82, 2.24) is 20.2 Å². The fraction of sp³-hybridized carbons (Fsp3) is 0.833. The Labute approximate surface area is 102 Å². The van der Waals surface area contributed by atoms with Crippen LogP contribution in [0.15, 0.2) is 0 Å². The summed E-state index contributed by atoms with van der Waals surface area (Å²) in [5.74, 6) is 2.15. The highest BCUT2D eigenvalue weighted by Crippen LogP contribution is 2.20. The Morgan fingerprint density at radius 3 is 2.94 bits per heavy atom. The minimum atomic E-state index is 0.402. The van der Waals surface area contributed by atoms with Gasteiger partial charge < -0.3 is 4.57 Å². The third kappa shape index (κ3) is 2.50. The zero-order valence-electron chi connectivity index (χ0n) is 10.2. The molecule has 1 fully saturated rings. The predicted octanol–water partition coefficient (Wildman–Crippen LogP) is 1.58. The smallest absolute Gasteiger partial charge is 0.149 e. The van der Waals surface area contributed by atoms with Gasteiger partial charge in [0.15, 0.2) is 0 Å². The molecule has 2 aliphatic rings. The fourth-order valence-electron chi connectivity index (χ4n) is 2.73. The molecule has 17 heavy (non-hydrogen) atoms. The summed E-state index contributed by atoms with van der Waals surface area (Å²) in [6.45, 7) is 1.73. The normalized spacial score (nSPS) is 20.7. The summed E-state index contributed by atoms with van der Waals surface area (Å²) in [4.78, 5) is 5.64. The van der Waals surface area contributed by atoms with Crippen LogP contribution in [0.3, 0.4) is 0 Å². The van der Waals surface area contributed by atoms with Crippen molar-refractivity contribution in [2.75, 3.05) is 0 Å². The van der Waals surface area contributed by atoms with Crippen LogP contribution < -0.4 is 5.48 Å². The van der Waals surface area contributed by atoms with Crippen molar-refractivity contribution in [2.45, 2.75) is 64.1 Å². The molecule has 0 unspecified atom stereocenters. The van der Waals surface area contributed by atoms with Crippen LogP contribution in [0.1, 0.15) is 50.2 Å². The van der Waals surface area contributed by atoms with Gasteiger partial charge in [0.25, 0.3) is 0 Å². The third-order valence-electron chi connectivity index (χ3n) is 3.72. The Hall–Kier alpha value is -0.940. The average Bonchev–Trinajstić information content (AvgIpc) is 2.99. The number of aryl methyl sites for hydroxylation is 1. The van der Waals surface area contributed by atoms with Gasteiger partial charge in [-0.25, -0.2) is 0 Å².